The molecule has 0 aliphatic carbocycles. The largest absolute Gasteiger partial charge is 0.311 e. The normalized spacial score (nSPS) is 30.0. The Morgan fingerprint density at radius 2 is 1.80 bits per heavy atom. The third-order valence-electron chi connectivity index (χ3n) is 1.72. The Morgan fingerprint density at radius 1 is 1.20 bits per heavy atom. The predicted octanol–water partition coefficient (Wildman–Crippen LogP) is 1.64. The van der Waals surface area contributed by atoms with Crippen LogP contribution in [0.3, 0.4) is 0 Å². The Morgan fingerprint density at radius 3 is 2.10 bits per heavy atom. The van der Waals surface area contributed by atoms with Gasteiger partial charge in [-0.25, -0.2) is 8.78 Å². The van der Waals surface area contributed by atoms with Gasteiger partial charge < -0.3 is 5.32 Å². The molecule has 1 aliphatic heterocycles. The van der Waals surface area contributed by atoms with Crippen LogP contribution in [0, 0.1) is 5.41 Å². The topological polar surface area (TPSA) is 12.0 Å². The molecule has 0 radical (unpaired) electrons. The fourth-order valence-electron chi connectivity index (χ4n) is 1.41. The van der Waals surface area contributed by atoms with E-state index in [1.165, 1.54) is 0 Å². The molecular weight excluding hydrogens is 136 g/mol. The third kappa shape index (κ3) is 1.90. The lowest BCUT2D eigenvalue weighted by Crippen LogP contribution is -2.47. The van der Waals surface area contributed by atoms with Crippen LogP contribution in [0.1, 0.15) is 20.3 Å². The summed E-state index contributed by atoms with van der Waals surface area (Å²) in [5.74, 6) is -2.50. The molecule has 1 aliphatic rings. The average Bonchev–Trinajstić information content (AvgIpc) is 1.56. The van der Waals surface area contributed by atoms with E-state index in [9.17, 15) is 8.78 Å². The summed E-state index contributed by atoms with van der Waals surface area (Å²) in [5.41, 5.74) is -0.248. The van der Waals surface area contributed by atoms with Crippen molar-refractivity contribution in [2.24, 2.45) is 5.41 Å². The summed E-state index contributed by atoms with van der Waals surface area (Å²) < 4.78 is 25.3. The number of rotatable bonds is 0. The lowest BCUT2D eigenvalue weighted by molar-refractivity contribution is -0.0591. The molecule has 0 spiro atoms. The molecular formula is C7H13F2N. The molecule has 0 aromatic rings. The minimum Gasteiger partial charge on any atom is -0.311 e. The van der Waals surface area contributed by atoms with E-state index in [0.29, 0.717) is 6.54 Å². The van der Waals surface area contributed by atoms with Crippen LogP contribution in [0.2, 0.25) is 0 Å². The Kier molecular flexibility index (Phi) is 1.71. The monoisotopic (exact) mass is 149 g/mol. The number of nitrogens with one attached hydrogen (secondary N) is 1. The number of hydrogen-bond donors (Lipinski definition) is 1. The zero-order chi connectivity index (χ0) is 7.83. The fraction of sp³-hybridized carbons (Fsp3) is 1.00. The summed E-state index contributed by atoms with van der Waals surface area (Å²) in [6.07, 6.45) is 0.00694. The molecule has 0 atom stereocenters. The van der Waals surface area contributed by atoms with E-state index in [1.807, 2.05) is 13.8 Å². The van der Waals surface area contributed by atoms with Crippen LogP contribution in [0.25, 0.3) is 0 Å². The second-order valence-electron chi connectivity index (χ2n) is 3.80. The van der Waals surface area contributed by atoms with E-state index < -0.39 is 5.92 Å². The first-order chi connectivity index (χ1) is 4.41. The molecule has 60 valence electrons. The Labute approximate surface area is 59.8 Å². The van der Waals surface area contributed by atoms with Crippen molar-refractivity contribution in [1.82, 2.24) is 5.32 Å². The molecule has 1 heterocycles. The molecule has 0 unspecified atom stereocenters. The van der Waals surface area contributed by atoms with Gasteiger partial charge in [-0.2, -0.15) is 0 Å². The number of alkyl halides is 2. The van der Waals surface area contributed by atoms with E-state index in [0.717, 1.165) is 0 Å². The molecule has 1 fully saturated rings. The maximum Gasteiger partial charge on any atom is 0.260 e. The smallest absolute Gasteiger partial charge is 0.260 e. The van der Waals surface area contributed by atoms with Crippen molar-refractivity contribution in [3.8, 4) is 0 Å². The van der Waals surface area contributed by atoms with Crippen LogP contribution >= 0.6 is 0 Å². The summed E-state index contributed by atoms with van der Waals surface area (Å²) in [7, 11) is 0. The van der Waals surface area contributed by atoms with Crippen LogP contribution in [0.15, 0.2) is 0 Å². The van der Waals surface area contributed by atoms with Crippen LogP contribution in [-0.4, -0.2) is 19.0 Å². The molecule has 1 saturated heterocycles. The minimum absolute atomic E-state index is 0.00694. The Balaban J connectivity index is 2.56. The van der Waals surface area contributed by atoms with Gasteiger partial charge in [0.25, 0.3) is 5.92 Å². The number of hydrogen-bond acceptors (Lipinski definition) is 1. The Bertz CT molecular complexity index is 118. The van der Waals surface area contributed by atoms with Gasteiger partial charge in [0.1, 0.15) is 0 Å². The SMILES string of the molecule is CC1(C)CNCC(F)(F)C1. The van der Waals surface area contributed by atoms with Gasteiger partial charge in [-0.15, -0.1) is 0 Å². The molecule has 1 N–H and O–H groups in total. The zero-order valence-corrected chi connectivity index (χ0v) is 6.38. The summed E-state index contributed by atoms with van der Waals surface area (Å²) in [4.78, 5) is 0. The summed E-state index contributed by atoms with van der Waals surface area (Å²) in [6, 6.07) is 0. The molecule has 0 saturated carbocycles. The van der Waals surface area contributed by atoms with Gasteiger partial charge in [-0.05, 0) is 5.41 Å². The molecule has 3 heteroatoms. The first kappa shape index (κ1) is 7.92. The standard InChI is InChI=1S/C7H13F2N/c1-6(2)3-7(8,9)5-10-4-6/h10H,3-5H2,1-2H3. The fourth-order valence-corrected chi connectivity index (χ4v) is 1.41. The molecule has 0 amide bonds. The van der Waals surface area contributed by atoms with Crippen LogP contribution in [0.4, 0.5) is 8.78 Å². The zero-order valence-electron chi connectivity index (χ0n) is 6.38. The lowest BCUT2D eigenvalue weighted by atomic mass is 9.83. The van der Waals surface area contributed by atoms with Crippen molar-refractivity contribution in [2.75, 3.05) is 13.1 Å². The van der Waals surface area contributed by atoms with Crippen molar-refractivity contribution in [1.29, 1.82) is 0 Å². The van der Waals surface area contributed by atoms with E-state index in [2.05, 4.69) is 5.32 Å². The average molecular weight is 149 g/mol. The van der Waals surface area contributed by atoms with Crippen molar-refractivity contribution in [3.63, 3.8) is 0 Å². The second-order valence-corrected chi connectivity index (χ2v) is 3.80. The maximum atomic E-state index is 12.6. The van der Waals surface area contributed by atoms with Gasteiger partial charge in [0, 0.05) is 13.0 Å². The van der Waals surface area contributed by atoms with Crippen molar-refractivity contribution >= 4 is 0 Å². The van der Waals surface area contributed by atoms with E-state index in [1.54, 1.807) is 0 Å². The van der Waals surface area contributed by atoms with E-state index in [-0.39, 0.29) is 18.4 Å². The van der Waals surface area contributed by atoms with Gasteiger partial charge in [0.15, 0.2) is 0 Å². The third-order valence-corrected chi connectivity index (χ3v) is 1.72. The Hall–Kier alpha value is -0.180. The quantitative estimate of drug-likeness (QED) is 0.552. The second kappa shape index (κ2) is 2.16. The van der Waals surface area contributed by atoms with Crippen molar-refractivity contribution in [2.45, 2.75) is 26.2 Å². The molecule has 10 heavy (non-hydrogen) atoms. The van der Waals surface area contributed by atoms with E-state index >= 15 is 0 Å². The molecule has 0 bridgehead atoms. The first-order valence-corrected chi connectivity index (χ1v) is 3.50. The van der Waals surface area contributed by atoms with Gasteiger partial charge in [0.2, 0.25) is 0 Å². The van der Waals surface area contributed by atoms with Gasteiger partial charge in [0.05, 0.1) is 6.54 Å². The van der Waals surface area contributed by atoms with Gasteiger partial charge in [-0.1, -0.05) is 13.8 Å². The van der Waals surface area contributed by atoms with Gasteiger partial charge in [-0.3, -0.25) is 0 Å². The molecule has 0 aromatic carbocycles. The van der Waals surface area contributed by atoms with Gasteiger partial charge >= 0.3 is 0 Å². The highest BCUT2D eigenvalue weighted by molar-refractivity contribution is 4.86. The highest BCUT2D eigenvalue weighted by atomic mass is 19.3. The summed E-state index contributed by atoms with van der Waals surface area (Å²) in [6.45, 7) is 4.25. The summed E-state index contributed by atoms with van der Waals surface area (Å²) >= 11 is 0. The molecule has 0 aromatic heterocycles. The minimum atomic E-state index is -2.50. The number of halogens is 2. The lowest BCUT2D eigenvalue weighted by Gasteiger charge is -2.35. The highest BCUT2D eigenvalue weighted by Crippen LogP contribution is 2.33. The maximum absolute atomic E-state index is 12.6. The van der Waals surface area contributed by atoms with Crippen LogP contribution in [0.5, 0.6) is 0 Å². The first-order valence-electron chi connectivity index (χ1n) is 3.50. The van der Waals surface area contributed by atoms with Crippen molar-refractivity contribution < 1.29 is 8.78 Å². The molecule has 1 nitrogen and oxygen atoms in total. The summed E-state index contributed by atoms with van der Waals surface area (Å²) in [5, 5.41) is 2.72. The van der Waals surface area contributed by atoms with E-state index in [4.69, 9.17) is 0 Å². The highest BCUT2D eigenvalue weighted by Gasteiger charge is 2.40. The molecule has 1 rings (SSSR count). The van der Waals surface area contributed by atoms with Crippen LogP contribution in [-0.2, 0) is 0 Å². The van der Waals surface area contributed by atoms with Crippen LogP contribution < -0.4 is 5.32 Å². The predicted molar refractivity (Wildman–Crippen MR) is 36.2 cm³/mol. The van der Waals surface area contributed by atoms with Crippen molar-refractivity contribution in [3.05, 3.63) is 0 Å². The number of piperidine rings is 1.